The maximum absolute atomic E-state index is 12.5. The van der Waals surface area contributed by atoms with Crippen molar-refractivity contribution in [3.63, 3.8) is 0 Å². The summed E-state index contributed by atoms with van der Waals surface area (Å²) in [5.41, 5.74) is 0.481. The number of likely N-dealkylation sites (N-methyl/N-ethyl adjacent to an activating group) is 1. The van der Waals surface area contributed by atoms with Crippen molar-refractivity contribution in [2.24, 2.45) is 0 Å². The van der Waals surface area contributed by atoms with Crippen molar-refractivity contribution in [2.45, 2.75) is 11.8 Å². The maximum Gasteiger partial charge on any atom is 0.243 e. The lowest BCUT2D eigenvalue weighted by Gasteiger charge is -2.17. The van der Waals surface area contributed by atoms with Gasteiger partial charge in [0, 0.05) is 23.3 Å². The first-order valence-electron chi connectivity index (χ1n) is 8.10. The first kappa shape index (κ1) is 21.2. The Morgan fingerprint density at radius 1 is 1.15 bits per heavy atom. The Bertz CT molecular complexity index is 900. The Balaban J connectivity index is 2.07. The highest BCUT2D eigenvalue weighted by molar-refractivity contribution is 9.10. The molecule has 2 aromatic rings. The van der Waals surface area contributed by atoms with Crippen molar-refractivity contribution in [2.75, 3.05) is 32.6 Å². The lowest BCUT2D eigenvalue weighted by Crippen LogP contribution is -2.34. The number of hydrogen-bond donors (Lipinski definition) is 1. The van der Waals surface area contributed by atoms with E-state index in [0.29, 0.717) is 23.8 Å². The Morgan fingerprint density at radius 2 is 1.81 bits per heavy atom. The number of nitrogens with zero attached hydrogens (tertiary/aromatic N) is 1. The molecule has 0 atom stereocenters. The summed E-state index contributed by atoms with van der Waals surface area (Å²) in [6, 6.07) is 11.2. The molecule has 0 fully saturated rings. The van der Waals surface area contributed by atoms with Crippen molar-refractivity contribution >= 4 is 37.5 Å². The van der Waals surface area contributed by atoms with Crippen LogP contribution >= 0.6 is 15.9 Å². The van der Waals surface area contributed by atoms with Gasteiger partial charge in [-0.15, -0.1) is 0 Å². The largest absolute Gasteiger partial charge is 0.493 e. The average Bonchev–Trinajstić information content (AvgIpc) is 2.63. The summed E-state index contributed by atoms with van der Waals surface area (Å²) in [6.45, 7) is 2.02. The number of nitrogens with one attached hydrogen (secondary N) is 1. The fourth-order valence-corrected chi connectivity index (χ4v) is 3.69. The minimum atomic E-state index is -3.76. The van der Waals surface area contributed by atoms with Crippen LogP contribution in [0.4, 0.5) is 5.69 Å². The molecular weight excluding hydrogens is 436 g/mol. The number of carbonyl (C=O) groups excluding carboxylic acids is 1. The molecule has 0 aliphatic rings. The molecule has 0 heterocycles. The molecule has 1 N–H and O–H groups in total. The Hall–Kier alpha value is -2.10. The third-order valence-corrected chi connectivity index (χ3v) is 5.98. The van der Waals surface area contributed by atoms with Gasteiger partial charge in [-0.25, -0.2) is 8.42 Å². The van der Waals surface area contributed by atoms with Crippen molar-refractivity contribution in [3.8, 4) is 11.5 Å². The number of hydrogen-bond acceptors (Lipinski definition) is 5. The van der Waals surface area contributed by atoms with E-state index in [0.717, 1.165) is 8.78 Å². The number of anilines is 1. The second-order valence-electron chi connectivity index (χ2n) is 5.56. The molecule has 0 aliphatic carbocycles. The molecule has 0 spiro atoms. The van der Waals surface area contributed by atoms with Crippen molar-refractivity contribution in [3.05, 3.63) is 46.9 Å². The van der Waals surface area contributed by atoms with Gasteiger partial charge in [-0.3, -0.25) is 4.79 Å². The van der Waals surface area contributed by atoms with Gasteiger partial charge in [0.25, 0.3) is 0 Å². The smallest absolute Gasteiger partial charge is 0.243 e. The molecule has 9 heteroatoms. The number of methoxy groups -OCH3 is 1. The highest BCUT2D eigenvalue weighted by atomic mass is 79.9. The van der Waals surface area contributed by atoms with Crippen LogP contribution in [0.15, 0.2) is 51.8 Å². The fraction of sp³-hybridized carbons (Fsp3) is 0.278. The molecule has 7 nitrogen and oxygen atoms in total. The average molecular weight is 457 g/mol. The van der Waals surface area contributed by atoms with E-state index in [-0.39, 0.29) is 11.4 Å². The molecule has 27 heavy (non-hydrogen) atoms. The summed E-state index contributed by atoms with van der Waals surface area (Å²) in [5.74, 6) is 0.572. The number of sulfonamides is 1. The van der Waals surface area contributed by atoms with E-state index in [1.165, 1.54) is 26.3 Å². The number of amides is 1. The van der Waals surface area contributed by atoms with Crippen LogP contribution in [0.3, 0.4) is 0 Å². The number of rotatable bonds is 8. The van der Waals surface area contributed by atoms with E-state index in [1.807, 2.05) is 6.92 Å². The molecule has 2 aromatic carbocycles. The normalized spacial score (nSPS) is 11.3. The molecular formula is C18H21BrN2O5S. The highest BCUT2D eigenvalue weighted by Crippen LogP contribution is 2.30. The predicted molar refractivity (Wildman–Crippen MR) is 107 cm³/mol. The zero-order valence-corrected chi connectivity index (χ0v) is 17.6. The maximum atomic E-state index is 12.5. The van der Waals surface area contributed by atoms with Crippen LogP contribution in [0.5, 0.6) is 11.5 Å². The predicted octanol–water partition coefficient (Wildman–Crippen LogP) is 3.12. The molecule has 0 saturated heterocycles. The summed E-state index contributed by atoms with van der Waals surface area (Å²) in [7, 11) is -0.904. The van der Waals surface area contributed by atoms with E-state index < -0.39 is 15.9 Å². The third-order valence-electron chi connectivity index (χ3n) is 3.64. The third kappa shape index (κ3) is 5.44. The SMILES string of the molecule is CCOc1ccc(NC(=O)CN(C)S(=O)(=O)c2ccc(Br)cc2)cc1OC. The van der Waals surface area contributed by atoms with Crippen molar-refractivity contribution in [1.82, 2.24) is 4.31 Å². The number of benzene rings is 2. The van der Waals surface area contributed by atoms with Crippen LogP contribution in [-0.4, -0.2) is 45.9 Å². The van der Waals surface area contributed by atoms with Gasteiger partial charge < -0.3 is 14.8 Å². The summed E-state index contributed by atoms with van der Waals surface area (Å²) in [5, 5.41) is 2.66. The van der Waals surface area contributed by atoms with E-state index >= 15 is 0 Å². The molecule has 2 rings (SSSR count). The molecule has 0 unspecified atom stereocenters. The van der Waals surface area contributed by atoms with Gasteiger partial charge in [0.15, 0.2) is 11.5 Å². The van der Waals surface area contributed by atoms with Crippen LogP contribution in [0.25, 0.3) is 0 Å². The van der Waals surface area contributed by atoms with Crippen LogP contribution in [0.1, 0.15) is 6.92 Å². The van der Waals surface area contributed by atoms with Crippen LogP contribution < -0.4 is 14.8 Å². The lowest BCUT2D eigenvalue weighted by atomic mass is 10.2. The monoisotopic (exact) mass is 456 g/mol. The van der Waals surface area contributed by atoms with Gasteiger partial charge >= 0.3 is 0 Å². The number of ether oxygens (including phenoxy) is 2. The molecule has 146 valence electrons. The van der Waals surface area contributed by atoms with E-state index in [1.54, 1.807) is 30.3 Å². The first-order chi connectivity index (χ1) is 12.8. The first-order valence-corrected chi connectivity index (χ1v) is 10.3. The minimum Gasteiger partial charge on any atom is -0.493 e. The van der Waals surface area contributed by atoms with E-state index in [9.17, 15) is 13.2 Å². The van der Waals surface area contributed by atoms with Gasteiger partial charge in [0.05, 0.1) is 25.2 Å². The minimum absolute atomic E-state index is 0.115. The Morgan fingerprint density at radius 3 is 2.41 bits per heavy atom. The second-order valence-corrected chi connectivity index (χ2v) is 8.52. The molecule has 0 aliphatic heterocycles. The Kier molecular flexibility index (Phi) is 7.23. The molecule has 0 aromatic heterocycles. The Labute approximate surface area is 167 Å². The van der Waals surface area contributed by atoms with Crippen LogP contribution in [0, 0.1) is 0 Å². The fourth-order valence-electron chi connectivity index (χ4n) is 2.29. The van der Waals surface area contributed by atoms with Gasteiger partial charge in [-0.05, 0) is 43.3 Å². The van der Waals surface area contributed by atoms with Gasteiger partial charge in [0.2, 0.25) is 15.9 Å². The number of carbonyl (C=O) groups is 1. The van der Waals surface area contributed by atoms with E-state index in [4.69, 9.17) is 9.47 Å². The summed E-state index contributed by atoms with van der Waals surface area (Å²) >= 11 is 3.26. The van der Waals surface area contributed by atoms with E-state index in [2.05, 4.69) is 21.2 Å². The number of halogens is 1. The van der Waals surface area contributed by atoms with Gasteiger partial charge in [0.1, 0.15) is 0 Å². The molecule has 0 saturated carbocycles. The second kappa shape index (κ2) is 9.20. The lowest BCUT2D eigenvalue weighted by molar-refractivity contribution is -0.116. The van der Waals surface area contributed by atoms with Crippen molar-refractivity contribution in [1.29, 1.82) is 0 Å². The zero-order valence-electron chi connectivity index (χ0n) is 15.2. The van der Waals surface area contributed by atoms with Crippen LogP contribution in [0.2, 0.25) is 0 Å². The summed E-state index contributed by atoms with van der Waals surface area (Å²) < 4.78 is 37.5. The van der Waals surface area contributed by atoms with Crippen molar-refractivity contribution < 1.29 is 22.7 Å². The molecule has 0 radical (unpaired) electrons. The summed E-state index contributed by atoms with van der Waals surface area (Å²) in [6.07, 6.45) is 0. The standard InChI is InChI=1S/C18H21BrN2O5S/c1-4-26-16-10-7-14(11-17(16)25-3)20-18(22)12-21(2)27(23,24)15-8-5-13(19)6-9-15/h5-11H,4,12H2,1-3H3,(H,20,22). The zero-order chi connectivity index (χ0) is 20.0. The van der Waals surface area contributed by atoms with Gasteiger partial charge in [-0.1, -0.05) is 15.9 Å². The van der Waals surface area contributed by atoms with Gasteiger partial charge in [-0.2, -0.15) is 4.31 Å². The quantitative estimate of drug-likeness (QED) is 0.659. The summed E-state index contributed by atoms with van der Waals surface area (Å²) in [4.78, 5) is 12.4. The molecule has 0 bridgehead atoms. The highest BCUT2D eigenvalue weighted by Gasteiger charge is 2.23. The van der Waals surface area contributed by atoms with Crippen LogP contribution in [-0.2, 0) is 14.8 Å². The molecule has 1 amide bonds. The topological polar surface area (TPSA) is 84.9 Å².